The van der Waals surface area contributed by atoms with Gasteiger partial charge in [-0.2, -0.15) is 11.8 Å². The van der Waals surface area contributed by atoms with Crippen LogP contribution in [0.1, 0.15) is 25.5 Å². The van der Waals surface area contributed by atoms with Gasteiger partial charge >= 0.3 is 0 Å². The molecule has 2 rings (SSSR count). The van der Waals surface area contributed by atoms with Crippen LogP contribution < -0.4 is 5.73 Å². The first-order chi connectivity index (χ1) is 8.93. The predicted molar refractivity (Wildman–Crippen MR) is 84.0 cm³/mol. The van der Waals surface area contributed by atoms with Gasteiger partial charge in [-0.1, -0.05) is 15.9 Å². The molecule has 1 heterocycles. The van der Waals surface area contributed by atoms with Gasteiger partial charge < -0.3 is 5.73 Å². The van der Waals surface area contributed by atoms with Gasteiger partial charge in [0.2, 0.25) is 0 Å². The Labute approximate surface area is 127 Å². The van der Waals surface area contributed by atoms with Crippen molar-refractivity contribution >= 4 is 27.7 Å². The second-order valence-electron chi connectivity index (χ2n) is 5.50. The highest BCUT2D eigenvalue weighted by atomic mass is 79.9. The van der Waals surface area contributed by atoms with Gasteiger partial charge in [0.05, 0.1) is 6.04 Å². The standard InChI is InChI=1S/C14H20BrFN2S/c1-14(2)9-18(5-6-19-14)13(8-17)11-7-10(15)3-4-12(11)16/h3-4,7,13H,5-6,8-9,17H2,1-2H3. The molecule has 1 aromatic rings. The molecule has 1 fully saturated rings. The van der Waals surface area contributed by atoms with E-state index < -0.39 is 0 Å². The Balaban J connectivity index is 2.26. The van der Waals surface area contributed by atoms with Gasteiger partial charge in [0, 0.05) is 40.2 Å². The molecule has 0 bridgehead atoms. The maximum atomic E-state index is 14.0. The lowest BCUT2D eigenvalue weighted by atomic mass is 10.0. The molecule has 0 saturated carbocycles. The Kier molecular flexibility index (Phi) is 4.93. The van der Waals surface area contributed by atoms with E-state index in [-0.39, 0.29) is 16.6 Å². The van der Waals surface area contributed by atoms with E-state index in [4.69, 9.17) is 5.73 Å². The molecule has 106 valence electrons. The summed E-state index contributed by atoms with van der Waals surface area (Å²) in [6, 6.07) is 5.04. The van der Waals surface area contributed by atoms with E-state index in [1.54, 1.807) is 6.07 Å². The van der Waals surface area contributed by atoms with Crippen LogP contribution >= 0.6 is 27.7 Å². The third-order valence-electron chi connectivity index (χ3n) is 3.44. The normalized spacial score (nSPS) is 21.3. The number of nitrogens with zero attached hydrogens (tertiary/aromatic N) is 1. The quantitative estimate of drug-likeness (QED) is 0.909. The molecule has 2 nitrogen and oxygen atoms in total. The molecule has 19 heavy (non-hydrogen) atoms. The van der Waals surface area contributed by atoms with Gasteiger partial charge in [0.15, 0.2) is 0 Å². The molecule has 0 aromatic heterocycles. The summed E-state index contributed by atoms with van der Waals surface area (Å²) >= 11 is 5.38. The van der Waals surface area contributed by atoms with Crippen molar-refractivity contribution < 1.29 is 4.39 Å². The highest BCUT2D eigenvalue weighted by Crippen LogP contribution is 2.34. The molecule has 0 spiro atoms. The van der Waals surface area contributed by atoms with Crippen LogP contribution in [0.3, 0.4) is 0 Å². The zero-order chi connectivity index (χ0) is 14.0. The lowest BCUT2D eigenvalue weighted by molar-refractivity contribution is 0.189. The number of hydrogen-bond acceptors (Lipinski definition) is 3. The Morgan fingerprint density at radius 3 is 2.89 bits per heavy atom. The van der Waals surface area contributed by atoms with Crippen LogP contribution in [0.5, 0.6) is 0 Å². The summed E-state index contributed by atoms with van der Waals surface area (Å²) in [7, 11) is 0. The third-order valence-corrected chi connectivity index (χ3v) is 5.23. The molecule has 1 unspecified atom stereocenters. The summed E-state index contributed by atoms with van der Waals surface area (Å²) in [5.74, 6) is 0.897. The lowest BCUT2D eigenvalue weighted by Crippen LogP contribution is -2.46. The molecular weight excluding hydrogens is 327 g/mol. The maximum Gasteiger partial charge on any atom is 0.128 e. The average Bonchev–Trinajstić information content (AvgIpc) is 2.33. The average molecular weight is 347 g/mol. The predicted octanol–water partition coefficient (Wildman–Crippen LogP) is 3.42. The van der Waals surface area contributed by atoms with Crippen LogP contribution in [0.15, 0.2) is 22.7 Å². The zero-order valence-electron chi connectivity index (χ0n) is 11.3. The molecular formula is C14H20BrFN2S. The Morgan fingerprint density at radius 2 is 2.26 bits per heavy atom. The number of hydrogen-bond donors (Lipinski definition) is 1. The molecule has 1 aromatic carbocycles. The minimum Gasteiger partial charge on any atom is -0.329 e. The largest absolute Gasteiger partial charge is 0.329 e. The van der Waals surface area contributed by atoms with Crippen molar-refractivity contribution in [2.24, 2.45) is 5.73 Å². The van der Waals surface area contributed by atoms with Crippen LogP contribution in [0.2, 0.25) is 0 Å². The van der Waals surface area contributed by atoms with Crippen LogP contribution in [-0.2, 0) is 0 Å². The Bertz CT molecular complexity index is 453. The maximum absolute atomic E-state index is 14.0. The second kappa shape index (κ2) is 6.12. The molecule has 1 atom stereocenters. The number of benzene rings is 1. The second-order valence-corrected chi connectivity index (χ2v) is 8.21. The molecule has 1 aliphatic rings. The van der Waals surface area contributed by atoms with E-state index in [0.29, 0.717) is 12.1 Å². The fourth-order valence-corrected chi connectivity index (χ4v) is 4.08. The summed E-state index contributed by atoms with van der Waals surface area (Å²) in [5, 5.41) is 0. The van der Waals surface area contributed by atoms with Crippen molar-refractivity contribution in [2.75, 3.05) is 25.4 Å². The summed E-state index contributed by atoms with van der Waals surface area (Å²) in [5.41, 5.74) is 6.61. The van der Waals surface area contributed by atoms with E-state index in [1.807, 2.05) is 17.8 Å². The van der Waals surface area contributed by atoms with Crippen LogP contribution in [0.25, 0.3) is 0 Å². The van der Waals surface area contributed by atoms with Crippen molar-refractivity contribution in [1.82, 2.24) is 4.90 Å². The number of rotatable bonds is 3. The number of halogens is 2. The first-order valence-electron chi connectivity index (χ1n) is 6.46. The molecule has 5 heteroatoms. The molecule has 0 radical (unpaired) electrons. The monoisotopic (exact) mass is 346 g/mol. The highest BCUT2D eigenvalue weighted by molar-refractivity contribution is 9.10. The van der Waals surface area contributed by atoms with Crippen molar-refractivity contribution in [1.29, 1.82) is 0 Å². The van der Waals surface area contributed by atoms with Crippen LogP contribution in [-0.4, -0.2) is 35.0 Å². The fourth-order valence-electron chi connectivity index (χ4n) is 2.56. The smallest absolute Gasteiger partial charge is 0.128 e. The van der Waals surface area contributed by atoms with Crippen molar-refractivity contribution in [2.45, 2.75) is 24.6 Å². The molecule has 1 aliphatic heterocycles. The van der Waals surface area contributed by atoms with Gasteiger partial charge in [0.1, 0.15) is 5.82 Å². The van der Waals surface area contributed by atoms with E-state index in [9.17, 15) is 4.39 Å². The van der Waals surface area contributed by atoms with Gasteiger partial charge in [-0.3, -0.25) is 4.90 Å². The van der Waals surface area contributed by atoms with Crippen LogP contribution in [0.4, 0.5) is 4.39 Å². The molecule has 1 saturated heterocycles. The number of thioether (sulfide) groups is 1. The van der Waals surface area contributed by atoms with Crippen molar-refractivity contribution in [3.63, 3.8) is 0 Å². The van der Waals surface area contributed by atoms with E-state index in [1.165, 1.54) is 6.07 Å². The van der Waals surface area contributed by atoms with Gasteiger partial charge in [-0.25, -0.2) is 4.39 Å². The van der Waals surface area contributed by atoms with Gasteiger partial charge in [-0.05, 0) is 32.0 Å². The topological polar surface area (TPSA) is 29.3 Å². The Hall–Kier alpha value is -0.100. The SMILES string of the molecule is CC1(C)CN(C(CN)c2cc(Br)ccc2F)CCS1. The van der Waals surface area contributed by atoms with Gasteiger partial charge in [-0.15, -0.1) is 0 Å². The summed E-state index contributed by atoms with van der Waals surface area (Å²) in [6.45, 7) is 6.80. The molecule has 0 amide bonds. The van der Waals surface area contributed by atoms with E-state index >= 15 is 0 Å². The lowest BCUT2D eigenvalue weighted by Gasteiger charge is -2.41. The van der Waals surface area contributed by atoms with Gasteiger partial charge in [0.25, 0.3) is 0 Å². The van der Waals surface area contributed by atoms with E-state index in [2.05, 4.69) is 34.7 Å². The molecule has 0 aliphatic carbocycles. The highest BCUT2D eigenvalue weighted by Gasteiger charge is 2.32. The summed E-state index contributed by atoms with van der Waals surface area (Å²) in [4.78, 5) is 2.31. The summed E-state index contributed by atoms with van der Waals surface area (Å²) in [6.07, 6.45) is 0. The Morgan fingerprint density at radius 1 is 1.53 bits per heavy atom. The fraction of sp³-hybridized carbons (Fsp3) is 0.571. The molecule has 2 N–H and O–H groups in total. The zero-order valence-corrected chi connectivity index (χ0v) is 13.7. The van der Waals surface area contributed by atoms with Crippen molar-refractivity contribution in [3.05, 3.63) is 34.1 Å². The van der Waals surface area contributed by atoms with Crippen molar-refractivity contribution in [3.8, 4) is 0 Å². The summed E-state index contributed by atoms with van der Waals surface area (Å²) < 4.78 is 15.1. The first-order valence-corrected chi connectivity index (χ1v) is 8.24. The minimum atomic E-state index is -0.172. The first kappa shape index (κ1) is 15.3. The van der Waals surface area contributed by atoms with Crippen LogP contribution in [0, 0.1) is 5.82 Å². The van der Waals surface area contributed by atoms with E-state index in [0.717, 1.165) is 23.3 Å². The minimum absolute atomic E-state index is 0.0438. The number of nitrogens with two attached hydrogens (primary N) is 1. The third kappa shape index (κ3) is 3.72.